The summed E-state index contributed by atoms with van der Waals surface area (Å²) in [6.45, 7) is 5.23. The molecule has 1 fully saturated rings. The minimum Gasteiger partial charge on any atom is -0.468 e. The van der Waals surface area contributed by atoms with Crippen molar-refractivity contribution in [1.29, 1.82) is 0 Å². The van der Waals surface area contributed by atoms with Gasteiger partial charge in [-0.05, 0) is 37.8 Å². The van der Waals surface area contributed by atoms with Gasteiger partial charge in [0.1, 0.15) is 5.76 Å². The maximum Gasteiger partial charge on any atom is 0.120 e. The average molecular weight is 281 g/mol. The summed E-state index contributed by atoms with van der Waals surface area (Å²) in [5.74, 6) is 1.64. The van der Waals surface area contributed by atoms with Gasteiger partial charge in [-0.2, -0.15) is 0 Å². The molecule has 20 heavy (non-hydrogen) atoms. The second-order valence-electron chi connectivity index (χ2n) is 6.03. The molecule has 3 unspecified atom stereocenters. The van der Waals surface area contributed by atoms with Gasteiger partial charge in [-0.15, -0.1) is 0 Å². The predicted molar refractivity (Wildman–Crippen MR) is 78.5 cm³/mol. The lowest BCUT2D eigenvalue weighted by atomic mass is 9.89. The Hall–Kier alpha value is -0.840. The molecule has 114 valence electrons. The van der Waals surface area contributed by atoms with Crippen LogP contribution in [0.1, 0.15) is 51.3 Å². The Bertz CT molecular complexity index is 366. The molecule has 0 radical (unpaired) electrons. The molecule has 0 bridgehead atoms. The van der Waals surface area contributed by atoms with Crippen molar-refractivity contribution in [3.05, 3.63) is 24.2 Å². The third-order valence-corrected chi connectivity index (χ3v) is 4.04. The molecule has 1 aliphatic rings. The van der Waals surface area contributed by atoms with E-state index in [0.717, 1.165) is 24.5 Å². The molecule has 2 N–H and O–H groups in total. The highest BCUT2D eigenvalue weighted by Gasteiger charge is 2.20. The van der Waals surface area contributed by atoms with Crippen molar-refractivity contribution in [3.8, 4) is 0 Å². The lowest BCUT2D eigenvalue weighted by Gasteiger charge is -2.27. The third-order valence-electron chi connectivity index (χ3n) is 4.04. The normalized spacial score (nSPS) is 26.4. The molecule has 0 spiro atoms. The van der Waals surface area contributed by atoms with Crippen molar-refractivity contribution >= 4 is 0 Å². The Balaban J connectivity index is 1.61. The molecule has 1 aromatic rings. The Kier molecular flexibility index (Phi) is 6.07. The second kappa shape index (κ2) is 7.81. The Labute approximate surface area is 121 Å². The summed E-state index contributed by atoms with van der Waals surface area (Å²) in [6.07, 6.45) is 6.34. The van der Waals surface area contributed by atoms with Crippen LogP contribution in [0.4, 0.5) is 0 Å². The number of hydrogen-bond donors (Lipinski definition) is 2. The van der Waals surface area contributed by atoms with Crippen LogP contribution < -0.4 is 5.32 Å². The fourth-order valence-corrected chi connectivity index (χ4v) is 2.79. The standard InChI is InChI=1S/C16H27NO3/c1-12-5-3-6-15(9-12)20-11-14(18)10-17-13(2)16-7-4-8-19-16/h4,7-8,12-15,17-18H,3,5-6,9-11H2,1-2H3/t12?,13-,14?,15?/m1/s1. The van der Waals surface area contributed by atoms with Crippen LogP contribution >= 0.6 is 0 Å². The van der Waals surface area contributed by atoms with Gasteiger partial charge >= 0.3 is 0 Å². The first-order valence-corrected chi connectivity index (χ1v) is 7.71. The molecule has 1 saturated carbocycles. The fourth-order valence-electron chi connectivity index (χ4n) is 2.79. The van der Waals surface area contributed by atoms with Crippen LogP contribution in [0.25, 0.3) is 0 Å². The molecule has 4 nitrogen and oxygen atoms in total. The molecule has 0 aliphatic heterocycles. The maximum absolute atomic E-state index is 9.97. The van der Waals surface area contributed by atoms with Crippen molar-refractivity contribution < 1.29 is 14.3 Å². The number of aliphatic hydroxyl groups excluding tert-OH is 1. The summed E-state index contributed by atoms with van der Waals surface area (Å²) >= 11 is 0. The number of furan rings is 1. The van der Waals surface area contributed by atoms with Gasteiger partial charge in [-0.25, -0.2) is 0 Å². The van der Waals surface area contributed by atoms with Gasteiger partial charge in [-0.3, -0.25) is 0 Å². The highest BCUT2D eigenvalue weighted by Crippen LogP contribution is 2.25. The first-order valence-electron chi connectivity index (χ1n) is 7.71. The number of nitrogens with one attached hydrogen (secondary N) is 1. The molecular formula is C16H27NO3. The first kappa shape index (κ1) is 15.5. The van der Waals surface area contributed by atoms with Crippen LogP contribution in [-0.4, -0.2) is 30.5 Å². The van der Waals surface area contributed by atoms with Gasteiger partial charge in [-0.1, -0.05) is 19.8 Å². The van der Waals surface area contributed by atoms with Crippen LogP contribution in [0.2, 0.25) is 0 Å². The molecule has 4 atom stereocenters. The van der Waals surface area contributed by atoms with Crippen LogP contribution in [0, 0.1) is 5.92 Å². The van der Waals surface area contributed by atoms with Crippen molar-refractivity contribution in [3.63, 3.8) is 0 Å². The van der Waals surface area contributed by atoms with Crippen LogP contribution in [0.5, 0.6) is 0 Å². The lowest BCUT2D eigenvalue weighted by Crippen LogP contribution is -2.34. The molecule has 0 aromatic carbocycles. The molecule has 0 amide bonds. The first-order chi connectivity index (χ1) is 9.65. The van der Waals surface area contributed by atoms with Gasteiger partial charge in [0.15, 0.2) is 0 Å². The molecule has 1 aliphatic carbocycles. The van der Waals surface area contributed by atoms with Crippen LogP contribution in [0.15, 0.2) is 22.8 Å². The quantitative estimate of drug-likeness (QED) is 0.807. The number of hydrogen-bond acceptors (Lipinski definition) is 4. The largest absolute Gasteiger partial charge is 0.468 e. The smallest absolute Gasteiger partial charge is 0.120 e. The fraction of sp³-hybridized carbons (Fsp3) is 0.750. The topological polar surface area (TPSA) is 54.6 Å². The van der Waals surface area contributed by atoms with E-state index in [4.69, 9.17) is 9.15 Å². The summed E-state index contributed by atoms with van der Waals surface area (Å²) < 4.78 is 11.1. The van der Waals surface area contributed by atoms with E-state index in [1.54, 1.807) is 6.26 Å². The zero-order valence-electron chi connectivity index (χ0n) is 12.5. The van der Waals surface area contributed by atoms with Crippen molar-refractivity contribution in [2.75, 3.05) is 13.2 Å². The number of ether oxygens (including phenoxy) is 1. The minimum absolute atomic E-state index is 0.106. The van der Waals surface area contributed by atoms with E-state index < -0.39 is 6.10 Å². The zero-order chi connectivity index (χ0) is 14.4. The van der Waals surface area contributed by atoms with E-state index in [9.17, 15) is 5.11 Å². The van der Waals surface area contributed by atoms with Crippen LogP contribution in [0.3, 0.4) is 0 Å². The van der Waals surface area contributed by atoms with Gasteiger partial charge < -0.3 is 19.6 Å². The molecule has 1 heterocycles. The van der Waals surface area contributed by atoms with Gasteiger partial charge in [0.2, 0.25) is 0 Å². The average Bonchev–Trinajstić information content (AvgIpc) is 2.97. The Morgan fingerprint density at radius 1 is 1.50 bits per heavy atom. The molecule has 2 rings (SSSR count). The third kappa shape index (κ3) is 4.93. The minimum atomic E-state index is -0.468. The van der Waals surface area contributed by atoms with E-state index in [1.165, 1.54) is 12.8 Å². The summed E-state index contributed by atoms with van der Waals surface area (Å²) in [4.78, 5) is 0. The summed E-state index contributed by atoms with van der Waals surface area (Å²) in [6, 6.07) is 3.91. The summed E-state index contributed by atoms with van der Waals surface area (Å²) in [7, 11) is 0. The van der Waals surface area contributed by atoms with E-state index in [-0.39, 0.29) is 6.04 Å². The molecule has 0 saturated heterocycles. The van der Waals surface area contributed by atoms with E-state index in [1.807, 2.05) is 19.1 Å². The SMILES string of the molecule is CC1CCCC(OCC(O)CN[C@H](C)c2ccco2)C1. The summed E-state index contributed by atoms with van der Waals surface area (Å²) in [5.41, 5.74) is 0. The van der Waals surface area contributed by atoms with E-state index in [2.05, 4.69) is 12.2 Å². The van der Waals surface area contributed by atoms with E-state index >= 15 is 0 Å². The van der Waals surface area contributed by atoms with Gasteiger partial charge in [0, 0.05) is 6.54 Å². The lowest BCUT2D eigenvalue weighted by molar-refractivity contribution is -0.0312. The Morgan fingerprint density at radius 2 is 2.35 bits per heavy atom. The van der Waals surface area contributed by atoms with Crippen molar-refractivity contribution in [2.45, 2.75) is 57.8 Å². The predicted octanol–water partition coefficient (Wildman–Crippen LogP) is 2.89. The zero-order valence-corrected chi connectivity index (χ0v) is 12.5. The molecular weight excluding hydrogens is 254 g/mol. The Morgan fingerprint density at radius 3 is 3.05 bits per heavy atom. The number of rotatable bonds is 7. The summed E-state index contributed by atoms with van der Waals surface area (Å²) in [5, 5.41) is 13.2. The van der Waals surface area contributed by atoms with Crippen LogP contribution in [-0.2, 0) is 4.74 Å². The van der Waals surface area contributed by atoms with Gasteiger partial charge in [0.05, 0.1) is 31.1 Å². The van der Waals surface area contributed by atoms with E-state index in [0.29, 0.717) is 19.3 Å². The number of aliphatic hydroxyl groups is 1. The highest BCUT2D eigenvalue weighted by atomic mass is 16.5. The molecule has 4 heteroatoms. The second-order valence-corrected chi connectivity index (χ2v) is 6.03. The van der Waals surface area contributed by atoms with Crippen molar-refractivity contribution in [1.82, 2.24) is 5.32 Å². The van der Waals surface area contributed by atoms with Gasteiger partial charge in [0.25, 0.3) is 0 Å². The van der Waals surface area contributed by atoms with Crippen molar-refractivity contribution in [2.24, 2.45) is 5.92 Å². The maximum atomic E-state index is 9.97. The monoisotopic (exact) mass is 281 g/mol. The highest BCUT2D eigenvalue weighted by molar-refractivity contribution is 5.02. The molecule has 1 aromatic heterocycles.